The van der Waals surface area contributed by atoms with Gasteiger partial charge in [-0.1, -0.05) is 0 Å². The van der Waals surface area contributed by atoms with Gasteiger partial charge in [-0.2, -0.15) is 0 Å². The van der Waals surface area contributed by atoms with Crippen molar-refractivity contribution in [3.63, 3.8) is 0 Å². The Morgan fingerprint density at radius 3 is 2.38 bits per heavy atom. The van der Waals surface area contributed by atoms with Gasteiger partial charge < -0.3 is 9.80 Å². The molecule has 1 heterocycles. The maximum absolute atomic E-state index is 13.3. The minimum atomic E-state index is -0.304. The van der Waals surface area contributed by atoms with E-state index in [1.165, 1.54) is 12.1 Å². The van der Waals surface area contributed by atoms with Crippen LogP contribution in [0.1, 0.15) is 28.8 Å². The Balaban J connectivity index is 2.00. The average molecular weight is 292 g/mol. The summed E-state index contributed by atoms with van der Waals surface area (Å²) in [4.78, 5) is 27.6. The molecule has 1 fully saturated rings. The third kappa shape index (κ3) is 3.40. The molecule has 2 rings (SSSR count). The third-order valence-electron chi connectivity index (χ3n) is 3.98. The summed E-state index contributed by atoms with van der Waals surface area (Å²) in [5, 5.41) is 0. The zero-order valence-corrected chi connectivity index (χ0v) is 12.7. The number of piperidine rings is 1. The largest absolute Gasteiger partial charge is 0.349 e. The van der Waals surface area contributed by atoms with Crippen LogP contribution in [-0.2, 0) is 4.79 Å². The molecule has 5 heteroatoms. The summed E-state index contributed by atoms with van der Waals surface area (Å²) in [6.07, 6.45) is 1.37. The molecule has 0 bridgehead atoms. The number of aryl methyl sites for hydroxylation is 1. The van der Waals surface area contributed by atoms with Crippen LogP contribution < -0.4 is 0 Å². The zero-order valence-electron chi connectivity index (χ0n) is 12.7. The molecule has 1 aliphatic heterocycles. The van der Waals surface area contributed by atoms with Gasteiger partial charge in [0.25, 0.3) is 5.91 Å². The van der Waals surface area contributed by atoms with Crippen LogP contribution in [0.15, 0.2) is 18.2 Å². The molecule has 0 atom stereocenters. The van der Waals surface area contributed by atoms with Crippen molar-refractivity contribution in [2.75, 3.05) is 27.2 Å². The molecule has 1 aromatic carbocycles. The second-order valence-corrected chi connectivity index (χ2v) is 5.76. The van der Waals surface area contributed by atoms with E-state index in [1.807, 2.05) is 0 Å². The molecule has 2 amide bonds. The Bertz CT molecular complexity index is 549. The topological polar surface area (TPSA) is 40.6 Å². The van der Waals surface area contributed by atoms with Gasteiger partial charge >= 0.3 is 0 Å². The van der Waals surface area contributed by atoms with Crippen molar-refractivity contribution >= 4 is 11.8 Å². The van der Waals surface area contributed by atoms with Crippen LogP contribution in [0, 0.1) is 18.7 Å². The van der Waals surface area contributed by atoms with E-state index in [1.54, 1.807) is 36.9 Å². The fourth-order valence-corrected chi connectivity index (χ4v) is 2.65. The summed E-state index contributed by atoms with van der Waals surface area (Å²) in [5.74, 6) is -0.269. The lowest BCUT2D eigenvalue weighted by molar-refractivity contribution is -0.134. The van der Waals surface area contributed by atoms with Crippen molar-refractivity contribution in [1.82, 2.24) is 9.80 Å². The monoisotopic (exact) mass is 292 g/mol. The molecule has 0 aromatic heterocycles. The highest BCUT2D eigenvalue weighted by atomic mass is 19.1. The number of likely N-dealkylation sites (tertiary alicyclic amines) is 1. The number of benzene rings is 1. The van der Waals surface area contributed by atoms with Gasteiger partial charge in [0, 0.05) is 38.7 Å². The summed E-state index contributed by atoms with van der Waals surface area (Å²) < 4.78 is 13.3. The average Bonchev–Trinajstić information content (AvgIpc) is 2.48. The number of amides is 2. The molecule has 1 saturated heterocycles. The van der Waals surface area contributed by atoms with Gasteiger partial charge in [0.05, 0.1) is 0 Å². The van der Waals surface area contributed by atoms with Gasteiger partial charge in [0.2, 0.25) is 5.91 Å². The van der Waals surface area contributed by atoms with E-state index in [9.17, 15) is 14.0 Å². The summed E-state index contributed by atoms with van der Waals surface area (Å²) >= 11 is 0. The van der Waals surface area contributed by atoms with Crippen LogP contribution in [-0.4, -0.2) is 48.8 Å². The molecule has 4 nitrogen and oxygen atoms in total. The summed E-state index contributed by atoms with van der Waals surface area (Å²) in [7, 11) is 3.50. The van der Waals surface area contributed by atoms with Crippen molar-refractivity contribution in [3.8, 4) is 0 Å². The number of nitrogens with zero attached hydrogens (tertiary/aromatic N) is 2. The van der Waals surface area contributed by atoms with Crippen LogP contribution in [0.4, 0.5) is 4.39 Å². The summed E-state index contributed by atoms with van der Waals surface area (Å²) in [6, 6.07) is 4.42. The quantitative estimate of drug-likeness (QED) is 0.837. The molecule has 0 unspecified atom stereocenters. The SMILES string of the molecule is Cc1cc(C(=O)N2CCC(C(=O)N(C)C)CC2)ccc1F. The van der Waals surface area contributed by atoms with Crippen molar-refractivity contribution in [2.24, 2.45) is 5.92 Å². The predicted octanol–water partition coefficient (Wildman–Crippen LogP) is 2.07. The zero-order chi connectivity index (χ0) is 15.6. The van der Waals surface area contributed by atoms with Crippen LogP contribution in [0.5, 0.6) is 0 Å². The van der Waals surface area contributed by atoms with Crippen LogP contribution in [0.3, 0.4) is 0 Å². The first-order valence-electron chi connectivity index (χ1n) is 7.16. The van der Waals surface area contributed by atoms with E-state index in [-0.39, 0.29) is 23.5 Å². The molecule has 0 N–H and O–H groups in total. The number of carbonyl (C=O) groups excluding carboxylic acids is 2. The molecule has 0 aliphatic carbocycles. The maximum Gasteiger partial charge on any atom is 0.253 e. The van der Waals surface area contributed by atoms with Crippen molar-refractivity contribution < 1.29 is 14.0 Å². The third-order valence-corrected chi connectivity index (χ3v) is 3.98. The van der Waals surface area contributed by atoms with Gasteiger partial charge in [-0.25, -0.2) is 4.39 Å². The smallest absolute Gasteiger partial charge is 0.253 e. The van der Waals surface area contributed by atoms with E-state index >= 15 is 0 Å². The van der Waals surface area contributed by atoms with E-state index in [2.05, 4.69) is 0 Å². The Hall–Kier alpha value is -1.91. The number of carbonyl (C=O) groups is 2. The molecule has 0 spiro atoms. The van der Waals surface area contributed by atoms with Crippen LogP contribution in [0.2, 0.25) is 0 Å². The molecular weight excluding hydrogens is 271 g/mol. The minimum absolute atomic E-state index is 0.000922. The highest BCUT2D eigenvalue weighted by Gasteiger charge is 2.28. The van der Waals surface area contributed by atoms with Gasteiger partial charge in [-0.05, 0) is 43.5 Å². The lowest BCUT2D eigenvalue weighted by Crippen LogP contribution is -2.42. The van der Waals surface area contributed by atoms with Crippen molar-refractivity contribution in [1.29, 1.82) is 0 Å². The highest BCUT2D eigenvalue weighted by Crippen LogP contribution is 2.21. The summed E-state index contributed by atoms with van der Waals surface area (Å²) in [5.41, 5.74) is 0.977. The van der Waals surface area contributed by atoms with E-state index < -0.39 is 0 Å². The molecule has 0 radical (unpaired) electrons. The maximum atomic E-state index is 13.3. The first-order valence-corrected chi connectivity index (χ1v) is 7.16. The van der Waals surface area contributed by atoms with Gasteiger partial charge in [0.1, 0.15) is 5.82 Å². The lowest BCUT2D eigenvalue weighted by atomic mass is 9.95. The molecule has 1 aliphatic rings. The normalized spacial score (nSPS) is 15.9. The van der Waals surface area contributed by atoms with Crippen molar-refractivity contribution in [3.05, 3.63) is 35.1 Å². The Morgan fingerprint density at radius 2 is 1.86 bits per heavy atom. The number of hydrogen-bond acceptors (Lipinski definition) is 2. The number of hydrogen-bond donors (Lipinski definition) is 0. The van der Waals surface area contributed by atoms with E-state index in [4.69, 9.17) is 0 Å². The fraction of sp³-hybridized carbons (Fsp3) is 0.500. The Kier molecular flexibility index (Phi) is 4.60. The molecule has 114 valence electrons. The molecule has 21 heavy (non-hydrogen) atoms. The fourth-order valence-electron chi connectivity index (χ4n) is 2.65. The molecular formula is C16H21FN2O2. The van der Waals surface area contributed by atoms with E-state index in [0.717, 1.165) is 0 Å². The highest BCUT2D eigenvalue weighted by molar-refractivity contribution is 5.94. The van der Waals surface area contributed by atoms with Gasteiger partial charge in [-0.15, -0.1) is 0 Å². The second kappa shape index (κ2) is 6.24. The lowest BCUT2D eigenvalue weighted by Gasteiger charge is -2.32. The molecule has 0 saturated carbocycles. The summed E-state index contributed by atoms with van der Waals surface area (Å²) in [6.45, 7) is 2.78. The van der Waals surface area contributed by atoms with Gasteiger partial charge in [-0.3, -0.25) is 9.59 Å². The van der Waals surface area contributed by atoms with Crippen molar-refractivity contribution in [2.45, 2.75) is 19.8 Å². The first-order chi connectivity index (χ1) is 9.90. The second-order valence-electron chi connectivity index (χ2n) is 5.76. The van der Waals surface area contributed by atoms with E-state index in [0.29, 0.717) is 37.1 Å². The number of halogens is 1. The molecule has 1 aromatic rings. The van der Waals surface area contributed by atoms with Gasteiger partial charge in [0.15, 0.2) is 0 Å². The predicted molar refractivity (Wildman–Crippen MR) is 78.5 cm³/mol. The minimum Gasteiger partial charge on any atom is -0.349 e. The van der Waals surface area contributed by atoms with Crippen LogP contribution >= 0.6 is 0 Å². The first kappa shape index (κ1) is 15.5. The standard InChI is InChI=1S/C16H21FN2O2/c1-11-10-13(4-5-14(11)17)16(21)19-8-6-12(7-9-19)15(20)18(2)3/h4-5,10,12H,6-9H2,1-3H3. The number of rotatable bonds is 2. The Morgan fingerprint density at radius 1 is 1.24 bits per heavy atom. The van der Waals surface area contributed by atoms with Crippen LogP contribution in [0.25, 0.3) is 0 Å². The Labute approximate surface area is 124 Å².